The molecule has 11 rings (SSSR count). The van der Waals surface area contributed by atoms with Crippen molar-refractivity contribution < 1.29 is 14.6 Å². The minimum absolute atomic E-state index is 0.0751. The molecule has 4 aromatic carbocycles. The van der Waals surface area contributed by atoms with E-state index in [1.54, 1.807) is 7.11 Å². The van der Waals surface area contributed by atoms with E-state index in [1.807, 2.05) is 0 Å². The van der Waals surface area contributed by atoms with E-state index >= 15 is 0 Å². The molecular formula is C38H34N2O3. The Kier molecular flexibility index (Phi) is 4.10. The molecule has 2 aliphatic heterocycles. The van der Waals surface area contributed by atoms with Crippen molar-refractivity contribution in [1.29, 1.82) is 0 Å². The van der Waals surface area contributed by atoms with Crippen LogP contribution in [0.3, 0.4) is 0 Å². The Labute approximate surface area is 250 Å². The number of ether oxygens (including phenoxy) is 2. The molecule has 5 heteroatoms. The lowest BCUT2D eigenvalue weighted by atomic mass is 9.49. The molecule has 1 spiro atoms. The van der Waals surface area contributed by atoms with E-state index in [0.717, 1.165) is 43.3 Å². The van der Waals surface area contributed by atoms with Crippen molar-refractivity contribution in [3.63, 3.8) is 0 Å². The second-order valence-corrected chi connectivity index (χ2v) is 14.1. The Balaban J connectivity index is 1.23. The highest BCUT2D eigenvalue weighted by molar-refractivity contribution is 6.23. The Hall–Kier alpha value is -3.80. The number of piperidine rings is 1. The lowest BCUT2D eigenvalue weighted by Crippen LogP contribution is -2.74. The van der Waals surface area contributed by atoms with Gasteiger partial charge in [-0.05, 0) is 89.0 Å². The summed E-state index contributed by atoms with van der Waals surface area (Å²) in [6.07, 6.45) is 4.79. The Morgan fingerprint density at radius 3 is 2.60 bits per heavy atom. The summed E-state index contributed by atoms with van der Waals surface area (Å²) in [5.74, 6) is 2.42. The van der Waals surface area contributed by atoms with Gasteiger partial charge in [0.1, 0.15) is 0 Å². The lowest BCUT2D eigenvalue weighted by Gasteiger charge is -2.63. The first-order valence-corrected chi connectivity index (χ1v) is 16.0. The number of aliphatic hydroxyl groups is 1. The molecule has 0 radical (unpaired) electrons. The number of fused-ring (bicyclic) bond motifs is 8. The maximum atomic E-state index is 13.4. The van der Waals surface area contributed by atoms with Crippen LogP contribution in [0.5, 0.6) is 11.5 Å². The standard InChI is InChI=1S/C38H34N2O3/c1-39-33-25-9-5-8-24-22-6-3-4-7-23(22)26(31(24)25)17-27(33)28-18-38(41)30-16-21-12-13-29(42-2)35-32(21)37(38,36(43-35)34(28)39)14-15-40(30)19-20-10-11-20/h3-9,12-13,17,20,30,36,41H,10-11,14-16,18-19H2,1-2H3/t30-,36?,37+,38?/m1/s1. The summed E-state index contributed by atoms with van der Waals surface area (Å²) in [6.45, 7) is 2.11. The minimum Gasteiger partial charge on any atom is -0.493 e. The maximum absolute atomic E-state index is 13.4. The van der Waals surface area contributed by atoms with E-state index in [0.29, 0.717) is 6.42 Å². The van der Waals surface area contributed by atoms with Gasteiger partial charge in [0.05, 0.1) is 29.3 Å². The number of hydrogen-bond acceptors (Lipinski definition) is 4. The normalized spacial score (nSPS) is 29.0. The predicted octanol–water partition coefficient (Wildman–Crippen LogP) is 6.69. The SMILES string of the molecule is COc1ccc2c3c1OC1c4c(c5cc6c7c(cccc7c5n4C)-c4ccccc4-6)CC4(O)[C@@H](C2)N(CC2CC2)CC[C@]314. The summed E-state index contributed by atoms with van der Waals surface area (Å²) in [4.78, 5) is 2.65. The summed E-state index contributed by atoms with van der Waals surface area (Å²) in [6, 6.07) is 22.4. The molecular weight excluding hydrogens is 532 g/mol. The quantitative estimate of drug-likeness (QED) is 0.259. The molecule has 214 valence electrons. The second-order valence-electron chi connectivity index (χ2n) is 14.1. The number of likely N-dealkylation sites (tertiary alicyclic amines) is 1. The third-order valence-electron chi connectivity index (χ3n) is 12.4. The number of nitrogens with zero attached hydrogens (tertiary/aromatic N) is 2. The number of aromatic nitrogens is 1. The summed E-state index contributed by atoms with van der Waals surface area (Å²) < 4.78 is 15.5. The number of methoxy groups -OCH3 is 1. The third-order valence-corrected chi connectivity index (χ3v) is 12.4. The summed E-state index contributed by atoms with van der Waals surface area (Å²) in [5, 5.41) is 17.3. The van der Waals surface area contributed by atoms with Crippen molar-refractivity contribution >= 4 is 21.7 Å². The van der Waals surface area contributed by atoms with Crippen molar-refractivity contribution in [1.82, 2.24) is 9.47 Å². The highest BCUT2D eigenvalue weighted by atomic mass is 16.5. The first-order valence-electron chi connectivity index (χ1n) is 16.0. The van der Waals surface area contributed by atoms with E-state index < -0.39 is 11.0 Å². The van der Waals surface area contributed by atoms with Gasteiger partial charge in [-0.1, -0.05) is 48.5 Å². The van der Waals surface area contributed by atoms with Crippen LogP contribution in [0.15, 0.2) is 60.7 Å². The predicted molar refractivity (Wildman–Crippen MR) is 168 cm³/mol. The Bertz CT molecular complexity index is 2110. The van der Waals surface area contributed by atoms with Gasteiger partial charge in [0.25, 0.3) is 0 Å². The van der Waals surface area contributed by atoms with Crippen LogP contribution in [0.2, 0.25) is 0 Å². The monoisotopic (exact) mass is 566 g/mol. The van der Waals surface area contributed by atoms with Crippen molar-refractivity contribution in [2.45, 2.75) is 55.3 Å². The Morgan fingerprint density at radius 1 is 0.977 bits per heavy atom. The van der Waals surface area contributed by atoms with Crippen molar-refractivity contribution in [3.8, 4) is 33.8 Å². The zero-order chi connectivity index (χ0) is 28.4. The molecule has 2 bridgehead atoms. The Morgan fingerprint density at radius 2 is 1.79 bits per heavy atom. The molecule has 43 heavy (non-hydrogen) atoms. The van der Waals surface area contributed by atoms with Gasteiger partial charge in [0, 0.05) is 42.4 Å². The summed E-state index contributed by atoms with van der Waals surface area (Å²) in [5.41, 5.74) is 10.2. The molecule has 1 N–H and O–H groups in total. The molecule has 5 nitrogen and oxygen atoms in total. The first-order chi connectivity index (χ1) is 21.0. The number of aryl methyl sites for hydroxylation is 1. The number of benzene rings is 4. The molecule has 1 saturated heterocycles. The zero-order valence-electron chi connectivity index (χ0n) is 24.6. The van der Waals surface area contributed by atoms with Crippen LogP contribution in [0.4, 0.5) is 0 Å². The van der Waals surface area contributed by atoms with Crippen LogP contribution in [0.25, 0.3) is 43.9 Å². The molecule has 3 heterocycles. The molecule has 6 aliphatic rings. The van der Waals surface area contributed by atoms with Gasteiger partial charge in [0.15, 0.2) is 17.6 Å². The fourth-order valence-electron chi connectivity index (χ4n) is 10.5. The average molecular weight is 567 g/mol. The van der Waals surface area contributed by atoms with Crippen LogP contribution < -0.4 is 9.47 Å². The fourth-order valence-corrected chi connectivity index (χ4v) is 10.5. The topological polar surface area (TPSA) is 46.9 Å². The van der Waals surface area contributed by atoms with E-state index in [9.17, 15) is 5.11 Å². The van der Waals surface area contributed by atoms with Gasteiger partial charge in [-0.3, -0.25) is 4.90 Å². The smallest absolute Gasteiger partial charge is 0.166 e. The second kappa shape index (κ2) is 7.46. The van der Waals surface area contributed by atoms with Gasteiger partial charge in [-0.15, -0.1) is 0 Å². The van der Waals surface area contributed by atoms with Gasteiger partial charge in [-0.2, -0.15) is 0 Å². The van der Waals surface area contributed by atoms with Crippen LogP contribution in [0.1, 0.15) is 47.8 Å². The highest BCUT2D eigenvalue weighted by Crippen LogP contribution is 2.69. The minimum atomic E-state index is -0.925. The van der Waals surface area contributed by atoms with Crippen LogP contribution in [-0.2, 0) is 25.3 Å². The molecule has 0 amide bonds. The van der Waals surface area contributed by atoms with Crippen LogP contribution in [-0.4, -0.2) is 46.4 Å². The molecule has 1 aromatic heterocycles. The molecule has 1 saturated carbocycles. The molecule has 2 fully saturated rings. The van der Waals surface area contributed by atoms with Crippen molar-refractivity contribution in [2.75, 3.05) is 20.2 Å². The van der Waals surface area contributed by atoms with E-state index in [4.69, 9.17) is 9.47 Å². The van der Waals surface area contributed by atoms with Gasteiger partial charge >= 0.3 is 0 Å². The molecule has 5 aromatic rings. The van der Waals surface area contributed by atoms with Gasteiger partial charge < -0.3 is 19.1 Å². The molecule has 2 unspecified atom stereocenters. The van der Waals surface area contributed by atoms with Crippen molar-refractivity contribution in [2.24, 2.45) is 13.0 Å². The number of hydrogen-bond donors (Lipinski definition) is 1. The third kappa shape index (κ3) is 2.51. The van der Waals surface area contributed by atoms with Crippen LogP contribution >= 0.6 is 0 Å². The van der Waals surface area contributed by atoms with E-state index in [-0.39, 0.29) is 12.1 Å². The highest BCUT2D eigenvalue weighted by Gasteiger charge is 2.73. The summed E-state index contributed by atoms with van der Waals surface area (Å²) in [7, 11) is 3.97. The summed E-state index contributed by atoms with van der Waals surface area (Å²) >= 11 is 0. The average Bonchev–Trinajstić information content (AvgIpc) is 3.60. The molecule has 4 atom stereocenters. The van der Waals surface area contributed by atoms with E-state index in [2.05, 4.69) is 77.2 Å². The van der Waals surface area contributed by atoms with Gasteiger partial charge in [0.2, 0.25) is 0 Å². The zero-order valence-corrected chi connectivity index (χ0v) is 24.6. The first kappa shape index (κ1) is 23.6. The van der Waals surface area contributed by atoms with E-state index in [1.165, 1.54) is 79.2 Å². The lowest BCUT2D eigenvalue weighted by molar-refractivity contribution is -0.173. The van der Waals surface area contributed by atoms with Crippen LogP contribution in [0, 0.1) is 5.92 Å². The largest absolute Gasteiger partial charge is 0.493 e. The fraction of sp³-hybridized carbons (Fsp3) is 0.368. The maximum Gasteiger partial charge on any atom is 0.166 e. The number of rotatable bonds is 3. The van der Waals surface area contributed by atoms with Crippen molar-refractivity contribution in [3.05, 3.63) is 83.0 Å². The molecule has 4 aliphatic carbocycles. The van der Waals surface area contributed by atoms with Gasteiger partial charge in [-0.25, -0.2) is 0 Å².